The molecule has 138 valence electrons. The van der Waals surface area contributed by atoms with Crippen molar-refractivity contribution in [3.05, 3.63) is 22.4 Å². The quantitative estimate of drug-likeness (QED) is 0.871. The van der Waals surface area contributed by atoms with Gasteiger partial charge in [0.2, 0.25) is 0 Å². The van der Waals surface area contributed by atoms with Crippen LogP contribution in [0.2, 0.25) is 0 Å². The van der Waals surface area contributed by atoms with Crippen LogP contribution >= 0.6 is 11.3 Å². The molecule has 2 aliphatic rings. The lowest BCUT2D eigenvalue weighted by atomic mass is 9.97. The molecule has 0 aromatic carbocycles. The van der Waals surface area contributed by atoms with Gasteiger partial charge in [-0.1, -0.05) is 32.1 Å². The van der Waals surface area contributed by atoms with Gasteiger partial charge in [0.05, 0.1) is 5.56 Å². The zero-order valence-electron chi connectivity index (χ0n) is 14.9. The summed E-state index contributed by atoms with van der Waals surface area (Å²) >= 11 is 1.54. The highest BCUT2D eigenvalue weighted by Gasteiger charge is 2.24. The molecule has 0 atom stereocenters. The third-order valence-electron chi connectivity index (χ3n) is 5.27. The van der Waals surface area contributed by atoms with Gasteiger partial charge in [-0.05, 0) is 30.7 Å². The Labute approximate surface area is 154 Å². The Bertz CT molecular complexity index is 553. The molecule has 3 rings (SSSR count). The maximum atomic E-state index is 12.6. The molecule has 1 aliphatic heterocycles. The second-order valence-corrected chi connectivity index (χ2v) is 7.92. The summed E-state index contributed by atoms with van der Waals surface area (Å²) in [6.45, 7) is 2.69. The Morgan fingerprint density at radius 3 is 2.32 bits per heavy atom. The summed E-state index contributed by atoms with van der Waals surface area (Å²) in [5.41, 5.74) is 0.762. The molecule has 6 heteroatoms. The second kappa shape index (κ2) is 9.22. The molecule has 5 nitrogen and oxygen atoms in total. The van der Waals surface area contributed by atoms with E-state index in [1.165, 1.54) is 32.1 Å². The van der Waals surface area contributed by atoms with Gasteiger partial charge in [0.1, 0.15) is 0 Å². The van der Waals surface area contributed by atoms with E-state index in [-0.39, 0.29) is 11.9 Å². The number of nitrogens with one attached hydrogen (secondary N) is 1. The number of urea groups is 1. The molecule has 1 aromatic heterocycles. The highest BCUT2D eigenvalue weighted by molar-refractivity contribution is 7.08. The van der Waals surface area contributed by atoms with Crippen LogP contribution in [0.1, 0.15) is 61.7 Å². The average molecular weight is 364 g/mol. The molecular formula is C19H29N3O2S. The molecule has 0 unspecified atom stereocenters. The standard InChI is InChI=1S/C19H29N3O2S/c23-18(16-9-14-25-15-16)21-10-6-11-22(13-12-21)19(24)20-17-7-4-2-1-3-5-8-17/h9,14-15,17H,1-8,10-13H2,(H,20,24). The fourth-order valence-electron chi connectivity index (χ4n) is 3.76. The molecule has 1 aromatic rings. The van der Waals surface area contributed by atoms with E-state index in [1.807, 2.05) is 26.6 Å². The van der Waals surface area contributed by atoms with Crippen LogP contribution in [0, 0.1) is 0 Å². The van der Waals surface area contributed by atoms with E-state index in [4.69, 9.17) is 0 Å². The molecule has 1 saturated heterocycles. The molecule has 1 saturated carbocycles. The molecule has 25 heavy (non-hydrogen) atoms. The van der Waals surface area contributed by atoms with Crippen molar-refractivity contribution in [2.24, 2.45) is 0 Å². The van der Waals surface area contributed by atoms with Crippen LogP contribution in [0.15, 0.2) is 16.8 Å². The summed E-state index contributed by atoms with van der Waals surface area (Å²) in [4.78, 5) is 28.9. The van der Waals surface area contributed by atoms with Crippen molar-refractivity contribution in [3.8, 4) is 0 Å². The first-order chi connectivity index (χ1) is 12.2. The number of nitrogens with zero attached hydrogens (tertiary/aromatic N) is 2. The van der Waals surface area contributed by atoms with Crippen molar-refractivity contribution in [1.29, 1.82) is 0 Å². The first-order valence-corrected chi connectivity index (χ1v) is 10.6. The highest BCUT2D eigenvalue weighted by atomic mass is 32.1. The summed E-state index contributed by atoms with van der Waals surface area (Å²) in [7, 11) is 0. The predicted octanol–water partition coefficient (Wildman–Crippen LogP) is 3.72. The monoisotopic (exact) mass is 363 g/mol. The van der Waals surface area contributed by atoms with Gasteiger partial charge in [0, 0.05) is 37.6 Å². The van der Waals surface area contributed by atoms with Crippen LogP contribution < -0.4 is 5.32 Å². The number of thiophene rings is 1. The summed E-state index contributed by atoms with van der Waals surface area (Å²) in [6.07, 6.45) is 9.38. The summed E-state index contributed by atoms with van der Waals surface area (Å²) in [6, 6.07) is 2.24. The zero-order chi connectivity index (χ0) is 17.5. The van der Waals surface area contributed by atoms with Crippen molar-refractivity contribution in [3.63, 3.8) is 0 Å². The van der Waals surface area contributed by atoms with Crippen LogP contribution in [-0.4, -0.2) is 54.0 Å². The first-order valence-electron chi connectivity index (χ1n) is 9.61. The molecule has 0 radical (unpaired) electrons. The average Bonchev–Trinajstić information content (AvgIpc) is 3.01. The number of amides is 3. The van der Waals surface area contributed by atoms with E-state index in [0.717, 1.165) is 37.9 Å². The van der Waals surface area contributed by atoms with Crippen LogP contribution in [0.4, 0.5) is 4.79 Å². The minimum atomic E-state index is 0.0513. The number of carbonyl (C=O) groups excluding carboxylic acids is 2. The summed E-state index contributed by atoms with van der Waals surface area (Å²) < 4.78 is 0. The fraction of sp³-hybridized carbons (Fsp3) is 0.684. The fourth-order valence-corrected chi connectivity index (χ4v) is 4.39. The van der Waals surface area contributed by atoms with E-state index in [9.17, 15) is 9.59 Å². The minimum Gasteiger partial charge on any atom is -0.337 e. The van der Waals surface area contributed by atoms with Crippen molar-refractivity contribution in [2.45, 2.75) is 57.4 Å². The second-order valence-electron chi connectivity index (χ2n) is 7.14. The molecule has 0 bridgehead atoms. The Balaban J connectivity index is 1.50. The SMILES string of the molecule is O=C(NC1CCCCCCC1)N1CCCN(C(=O)c2ccsc2)CC1. The van der Waals surface area contributed by atoms with Crippen molar-refractivity contribution < 1.29 is 9.59 Å². The Morgan fingerprint density at radius 1 is 0.920 bits per heavy atom. The van der Waals surface area contributed by atoms with Crippen LogP contribution in [0.5, 0.6) is 0 Å². The predicted molar refractivity (Wildman–Crippen MR) is 101 cm³/mol. The largest absolute Gasteiger partial charge is 0.337 e. The summed E-state index contributed by atoms with van der Waals surface area (Å²) in [5, 5.41) is 7.07. The lowest BCUT2D eigenvalue weighted by Gasteiger charge is -2.26. The number of rotatable bonds is 2. The molecule has 1 aliphatic carbocycles. The van der Waals surface area contributed by atoms with Gasteiger partial charge in [-0.15, -0.1) is 0 Å². The van der Waals surface area contributed by atoms with E-state index >= 15 is 0 Å². The van der Waals surface area contributed by atoms with Gasteiger partial charge in [0.25, 0.3) is 5.91 Å². The van der Waals surface area contributed by atoms with E-state index < -0.39 is 0 Å². The smallest absolute Gasteiger partial charge is 0.317 e. The van der Waals surface area contributed by atoms with Gasteiger partial charge in [0.15, 0.2) is 0 Å². The van der Waals surface area contributed by atoms with Gasteiger partial charge in [-0.3, -0.25) is 4.79 Å². The Kier molecular flexibility index (Phi) is 6.73. The van der Waals surface area contributed by atoms with Gasteiger partial charge < -0.3 is 15.1 Å². The lowest BCUT2D eigenvalue weighted by Crippen LogP contribution is -2.46. The van der Waals surface area contributed by atoms with E-state index in [2.05, 4.69) is 5.32 Å². The normalized spacial score (nSPS) is 20.5. The zero-order valence-corrected chi connectivity index (χ0v) is 15.7. The number of carbonyl (C=O) groups is 2. The molecule has 1 N–H and O–H groups in total. The highest BCUT2D eigenvalue weighted by Crippen LogP contribution is 2.18. The molecule has 2 fully saturated rings. The Morgan fingerprint density at radius 2 is 1.60 bits per heavy atom. The topological polar surface area (TPSA) is 52.7 Å². The van der Waals surface area contributed by atoms with Crippen molar-refractivity contribution in [2.75, 3.05) is 26.2 Å². The number of hydrogen-bond acceptors (Lipinski definition) is 3. The number of hydrogen-bond donors (Lipinski definition) is 1. The van der Waals surface area contributed by atoms with Gasteiger partial charge in [-0.2, -0.15) is 11.3 Å². The molecule has 0 spiro atoms. The molecule has 3 amide bonds. The van der Waals surface area contributed by atoms with Crippen molar-refractivity contribution >= 4 is 23.3 Å². The summed E-state index contributed by atoms with van der Waals surface area (Å²) in [5.74, 6) is 0.0866. The molecule has 2 heterocycles. The first kappa shape index (κ1) is 18.2. The van der Waals surface area contributed by atoms with E-state index in [1.54, 1.807) is 11.3 Å². The Hall–Kier alpha value is -1.56. The van der Waals surface area contributed by atoms with Gasteiger partial charge >= 0.3 is 6.03 Å². The lowest BCUT2D eigenvalue weighted by molar-refractivity contribution is 0.0762. The van der Waals surface area contributed by atoms with E-state index in [0.29, 0.717) is 19.1 Å². The van der Waals surface area contributed by atoms with Gasteiger partial charge in [-0.25, -0.2) is 4.79 Å². The maximum Gasteiger partial charge on any atom is 0.317 e. The third-order valence-corrected chi connectivity index (χ3v) is 5.95. The van der Waals surface area contributed by atoms with Crippen LogP contribution in [0.25, 0.3) is 0 Å². The maximum absolute atomic E-state index is 12.6. The van der Waals surface area contributed by atoms with Crippen LogP contribution in [0.3, 0.4) is 0 Å². The minimum absolute atomic E-state index is 0.0513. The van der Waals surface area contributed by atoms with Crippen molar-refractivity contribution in [1.82, 2.24) is 15.1 Å². The molecular weight excluding hydrogens is 334 g/mol. The van der Waals surface area contributed by atoms with Crippen LogP contribution in [-0.2, 0) is 0 Å². The third kappa shape index (κ3) is 5.21.